The first-order valence-electron chi connectivity index (χ1n) is 6.85. The monoisotopic (exact) mass is 302 g/mol. The van der Waals surface area contributed by atoms with E-state index in [2.05, 4.69) is 0 Å². The van der Waals surface area contributed by atoms with Crippen molar-refractivity contribution in [1.29, 1.82) is 0 Å². The van der Waals surface area contributed by atoms with Crippen LogP contribution in [0.1, 0.15) is 25.3 Å². The van der Waals surface area contributed by atoms with Crippen LogP contribution in [0.15, 0.2) is 30.3 Å². The van der Waals surface area contributed by atoms with Gasteiger partial charge in [-0.2, -0.15) is 13.2 Å². The Balaban J connectivity index is 2.96. The number of carbonyl (C=O) groups is 1. The molecule has 0 aliphatic carbocycles. The third-order valence-corrected chi connectivity index (χ3v) is 3.00. The summed E-state index contributed by atoms with van der Waals surface area (Å²) in [5, 5.41) is 0. The van der Waals surface area contributed by atoms with Gasteiger partial charge < -0.3 is 10.6 Å². The van der Waals surface area contributed by atoms with E-state index in [0.29, 0.717) is 5.56 Å². The van der Waals surface area contributed by atoms with E-state index in [1.807, 2.05) is 0 Å². The number of nitrogens with two attached hydrogens (primary N) is 1. The Labute approximate surface area is 122 Å². The fraction of sp³-hybridized carbons (Fsp3) is 0.533. The standard InChI is InChI=1S/C15H21F3N2O/c1-11(2)9-20(10-15(16,17)18)14(21)13(8-19)12-6-4-3-5-7-12/h3-7,11,13H,8-10,19H2,1-2H3. The molecule has 21 heavy (non-hydrogen) atoms. The minimum Gasteiger partial charge on any atom is -0.333 e. The van der Waals surface area contributed by atoms with Crippen LogP contribution in [-0.4, -0.2) is 36.6 Å². The van der Waals surface area contributed by atoms with E-state index in [4.69, 9.17) is 5.73 Å². The van der Waals surface area contributed by atoms with Gasteiger partial charge in [0.25, 0.3) is 0 Å². The van der Waals surface area contributed by atoms with Gasteiger partial charge >= 0.3 is 6.18 Å². The van der Waals surface area contributed by atoms with Crippen molar-refractivity contribution in [3.05, 3.63) is 35.9 Å². The summed E-state index contributed by atoms with van der Waals surface area (Å²) in [7, 11) is 0. The maximum absolute atomic E-state index is 12.7. The molecule has 0 heterocycles. The lowest BCUT2D eigenvalue weighted by Gasteiger charge is -2.29. The van der Waals surface area contributed by atoms with Gasteiger partial charge in [-0.3, -0.25) is 4.79 Å². The number of rotatable bonds is 6. The molecule has 1 rings (SSSR count). The minimum atomic E-state index is -4.42. The number of nitrogens with zero attached hydrogens (tertiary/aromatic N) is 1. The van der Waals surface area contributed by atoms with Crippen LogP contribution in [0, 0.1) is 5.92 Å². The molecular weight excluding hydrogens is 281 g/mol. The summed E-state index contributed by atoms with van der Waals surface area (Å²) >= 11 is 0. The van der Waals surface area contributed by atoms with Crippen LogP contribution in [0.5, 0.6) is 0 Å². The van der Waals surface area contributed by atoms with Crippen molar-refractivity contribution in [2.75, 3.05) is 19.6 Å². The number of hydrogen-bond acceptors (Lipinski definition) is 2. The molecule has 1 aromatic carbocycles. The predicted molar refractivity (Wildman–Crippen MR) is 75.7 cm³/mol. The molecule has 0 fully saturated rings. The van der Waals surface area contributed by atoms with Gasteiger partial charge in [0, 0.05) is 13.1 Å². The highest BCUT2D eigenvalue weighted by Crippen LogP contribution is 2.22. The molecular formula is C15H21F3N2O. The summed E-state index contributed by atoms with van der Waals surface area (Å²) in [6.45, 7) is 2.34. The number of benzene rings is 1. The second kappa shape index (κ2) is 7.45. The Morgan fingerprint density at radius 2 is 1.81 bits per heavy atom. The van der Waals surface area contributed by atoms with Crippen LogP contribution >= 0.6 is 0 Å². The number of alkyl halides is 3. The fourth-order valence-corrected chi connectivity index (χ4v) is 2.17. The highest BCUT2D eigenvalue weighted by atomic mass is 19.4. The van der Waals surface area contributed by atoms with Crippen LogP contribution in [0.2, 0.25) is 0 Å². The van der Waals surface area contributed by atoms with Gasteiger partial charge in [0.2, 0.25) is 5.91 Å². The van der Waals surface area contributed by atoms with Crippen LogP contribution in [0.3, 0.4) is 0 Å². The maximum Gasteiger partial charge on any atom is 0.406 e. The second-order valence-electron chi connectivity index (χ2n) is 5.43. The molecule has 6 heteroatoms. The average Bonchev–Trinajstić information content (AvgIpc) is 2.37. The highest BCUT2D eigenvalue weighted by molar-refractivity contribution is 5.84. The van der Waals surface area contributed by atoms with Gasteiger partial charge in [0.15, 0.2) is 0 Å². The molecule has 0 saturated carbocycles. The summed E-state index contributed by atoms with van der Waals surface area (Å²) in [6, 6.07) is 8.67. The van der Waals surface area contributed by atoms with E-state index in [9.17, 15) is 18.0 Å². The lowest BCUT2D eigenvalue weighted by molar-refractivity contribution is -0.163. The lowest BCUT2D eigenvalue weighted by Crippen LogP contribution is -2.44. The number of hydrogen-bond donors (Lipinski definition) is 1. The zero-order chi connectivity index (χ0) is 16.0. The molecule has 0 aliphatic heterocycles. The average molecular weight is 302 g/mol. The zero-order valence-corrected chi connectivity index (χ0v) is 12.2. The molecule has 118 valence electrons. The molecule has 1 unspecified atom stereocenters. The Kier molecular flexibility index (Phi) is 6.20. The number of halogens is 3. The van der Waals surface area contributed by atoms with Crippen LogP contribution in [0.4, 0.5) is 13.2 Å². The number of carbonyl (C=O) groups excluding carboxylic acids is 1. The first-order chi connectivity index (χ1) is 9.74. The molecule has 0 radical (unpaired) electrons. The predicted octanol–water partition coefficient (Wildman–Crippen LogP) is 2.78. The number of amides is 1. The molecule has 0 aliphatic rings. The first kappa shape index (κ1) is 17.5. The maximum atomic E-state index is 12.7. The van der Waals surface area contributed by atoms with Gasteiger partial charge in [-0.05, 0) is 11.5 Å². The molecule has 2 N–H and O–H groups in total. The Hall–Kier alpha value is -1.56. The third kappa shape index (κ3) is 5.75. The summed E-state index contributed by atoms with van der Waals surface area (Å²) in [6.07, 6.45) is -4.42. The van der Waals surface area contributed by atoms with Gasteiger partial charge in [-0.15, -0.1) is 0 Å². The zero-order valence-electron chi connectivity index (χ0n) is 12.2. The van der Waals surface area contributed by atoms with Crippen LogP contribution < -0.4 is 5.73 Å². The van der Waals surface area contributed by atoms with Gasteiger partial charge in [-0.25, -0.2) is 0 Å². The molecule has 1 aromatic rings. The summed E-state index contributed by atoms with van der Waals surface area (Å²) in [5.74, 6) is -1.37. The summed E-state index contributed by atoms with van der Waals surface area (Å²) in [4.78, 5) is 13.3. The molecule has 0 saturated heterocycles. The van der Waals surface area contributed by atoms with Crippen molar-refractivity contribution >= 4 is 5.91 Å². The molecule has 0 spiro atoms. The van der Waals surface area contributed by atoms with E-state index in [1.165, 1.54) is 0 Å². The van der Waals surface area contributed by atoms with Crippen molar-refractivity contribution in [2.24, 2.45) is 11.7 Å². The molecule has 0 aromatic heterocycles. The Morgan fingerprint density at radius 3 is 2.24 bits per heavy atom. The van der Waals surface area contributed by atoms with Crippen molar-refractivity contribution < 1.29 is 18.0 Å². The van der Waals surface area contributed by atoms with E-state index < -0.39 is 24.5 Å². The fourth-order valence-electron chi connectivity index (χ4n) is 2.17. The topological polar surface area (TPSA) is 46.3 Å². The second-order valence-corrected chi connectivity index (χ2v) is 5.43. The van der Waals surface area contributed by atoms with Crippen molar-refractivity contribution in [1.82, 2.24) is 4.90 Å². The molecule has 3 nitrogen and oxygen atoms in total. The van der Waals surface area contributed by atoms with Crippen LogP contribution in [0.25, 0.3) is 0 Å². The highest BCUT2D eigenvalue weighted by Gasteiger charge is 2.35. The minimum absolute atomic E-state index is 0.0186. The summed E-state index contributed by atoms with van der Waals surface area (Å²) in [5.41, 5.74) is 6.25. The van der Waals surface area contributed by atoms with E-state index in [0.717, 1.165) is 4.90 Å². The molecule has 0 bridgehead atoms. The van der Waals surface area contributed by atoms with Gasteiger partial charge in [-0.1, -0.05) is 44.2 Å². The SMILES string of the molecule is CC(C)CN(CC(F)(F)F)C(=O)C(CN)c1ccccc1. The Bertz CT molecular complexity index is 446. The first-order valence-corrected chi connectivity index (χ1v) is 6.85. The van der Waals surface area contributed by atoms with Crippen LogP contribution in [-0.2, 0) is 4.79 Å². The largest absolute Gasteiger partial charge is 0.406 e. The van der Waals surface area contributed by atoms with E-state index in [1.54, 1.807) is 44.2 Å². The quantitative estimate of drug-likeness (QED) is 0.878. The smallest absolute Gasteiger partial charge is 0.333 e. The van der Waals surface area contributed by atoms with Crippen molar-refractivity contribution in [3.63, 3.8) is 0 Å². The Morgan fingerprint density at radius 1 is 1.24 bits per heavy atom. The van der Waals surface area contributed by atoms with Gasteiger partial charge in [0.1, 0.15) is 6.54 Å². The molecule has 1 atom stereocenters. The van der Waals surface area contributed by atoms with Gasteiger partial charge in [0.05, 0.1) is 5.92 Å². The third-order valence-electron chi connectivity index (χ3n) is 3.00. The van der Waals surface area contributed by atoms with E-state index >= 15 is 0 Å². The molecule has 1 amide bonds. The van der Waals surface area contributed by atoms with E-state index in [-0.39, 0.29) is 19.0 Å². The lowest BCUT2D eigenvalue weighted by atomic mass is 9.97. The van der Waals surface area contributed by atoms with Crippen molar-refractivity contribution in [3.8, 4) is 0 Å². The summed E-state index contributed by atoms with van der Waals surface area (Å²) < 4.78 is 38.0. The normalized spacial score (nSPS) is 13.3. The van der Waals surface area contributed by atoms with Crippen molar-refractivity contribution in [2.45, 2.75) is 25.9 Å².